The van der Waals surface area contributed by atoms with Crippen LogP contribution in [0.15, 0.2) is 54.6 Å². The standard InChI is InChI=1S/C24H29N7O3/c1-5-34-21-11-18(33-4)10-19-23(21)24(26-14-25-19)28-17-8-6-16(7-9-17)27-22(32)13-31-12-20(15(2)3)29-30-31/h6-12,14-15,29-30H,5,13H2,1-4H3,(H,27,32)(H,25,26,28)/p+1. The van der Waals surface area contributed by atoms with Crippen LogP contribution in [0.4, 0.5) is 17.2 Å². The smallest absolute Gasteiger partial charge is 0.245 e. The van der Waals surface area contributed by atoms with Gasteiger partial charge in [-0.1, -0.05) is 19.4 Å². The number of nitrogens with two attached hydrogens (primary N) is 1. The maximum absolute atomic E-state index is 12.4. The van der Waals surface area contributed by atoms with Crippen LogP contribution in [0, 0.1) is 5.92 Å². The van der Waals surface area contributed by atoms with Gasteiger partial charge < -0.3 is 20.1 Å². The predicted octanol–water partition coefficient (Wildman–Crippen LogP) is 2.52. The number of hydrazine groups is 1. The molecule has 1 aliphatic heterocycles. The first-order chi connectivity index (χ1) is 16.5. The Balaban J connectivity index is 1.45. The van der Waals surface area contributed by atoms with E-state index in [2.05, 4.69) is 40.0 Å². The lowest BCUT2D eigenvalue weighted by Gasteiger charge is -2.14. The van der Waals surface area contributed by atoms with Crippen molar-refractivity contribution in [3.63, 3.8) is 0 Å². The third-order valence-corrected chi connectivity index (χ3v) is 5.32. The van der Waals surface area contributed by atoms with E-state index in [1.54, 1.807) is 12.1 Å². The molecular weight excluding hydrogens is 434 g/mol. The number of allylic oxidation sites excluding steroid dienone is 1. The summed E-state index contributed by atoms with van der Waals surface area (Å²) in [4.78, 5) is 21.2. The molecule has 0 radical (unpaired) electrons. The Kier molecular flexibility index (Phi) is 7.09. The molecule has 34 heavy (non-hydrogen) atoms. The van der Waals surface area contributed by atoms with E-state index in [1.165, 1.54) is 6.33 Å². The van der Waals surface area contributed by atoms with Crippen LogP contribution < -0.4 is 31.1 Å². The average Bonchev–Trinajstić information content (AvgIpc) is 3.29. The fraction of sp³-hybridized carbons (Fsp3) is 0.292. The van der Waals surface area contributed by atoms with Crippen LogP contribution in [-0.2, 0) is 4.79 Å². The fourth-order valence-electron chi connectivity index (χ4n) is 3.56. The van der Waals surface area contributed by atoms with Crippen LogP contribution in [-0.4, -0.2) is 41.1 Å². The van der Waals surface area contributed by atoms with Crippen molar-refractivity contribution >= 4 is 34.0 Å². The zero-order chi connectivity index (χ0) is 24.1. The van der Waals surface area contributed by atoms with Crippen molar-refractivity contribution in [1.29, 1.82) is 0 Å². The highest BCUT2D eigenvalue weighted by Gasteiger charge is 2.20. The van der Waals surface area contributed by atoms with Gasteiger partial charge >= 0.3 is 0 Å². The van der Waals surface area contributed by atoms with Gasteiger partial charge in [0.2, 0.25) is 5.91 Å². The summed E-state index contributed by atoms with van der Waals surface area (Å²) < 4.78 is 11.2. The number of carbonyl (C=O) groups excluding carboxylic acids is 1. The summed E-state index contributed by atoms with van der Waals surface area (Å²) in [7, 11) is 1.61. The third-order valence-electron chi connectivity index (χ3n) is 5.32. The van der Waals surface area contributed by atoms with Crippen LogP contribution in [0.2, 0.25) is 0 Å². The molecule has 0 fully saturated rings. The molecule has 2 aromatic carbocycles. The molecule has 1 amide bonds. The number of rotatable bonds is 9. The van der Waals surface area contributed by atoms with Crippen LogP contribution >= 0.6 is 0 Å². The number of carbonyl (C=O) groups is 1. The number of nitrogens with one attached hydrogen (secondary N) is 3. The largest absolute Gasteiger partial charge is 0.497 e. The Hall–Kier alpha value is -3.89. The molecule has 178 valence electrons. The molecular formula is C24H30N7O3+. The van der Waals surface area contributed by atoms with Crippen LogP contribution in [0.3, 0.4) is 0 Å². The maximum Gasteiger partial charge on any atom is 0.245 e. The molecule has 0 saturated heterocycles. The van der Waals surface area contributed by atoms with Crippen molar-refractivity contribution in [3.05, 3.63) is 54.6 Å². The van der Waals surface area contributed by atoms with Crippen molar-refractivity contribution in [2.45, 2.75) is 20.8 Å². The second-order valence-corrected chi connectivity index (χ2v) is 8.11. The molecule has 10 heteroatoms. The van der Waals surface area contributed by atoms with Crippen molar-refractivity contribution < 1.29 is 19.7 Å². The van der Waals surface area contributed by atoms with Crippen LogP contribution in [0.5, 0.6) is 11.5 Å². The Labute approximate surface area is 198 Å². The number of quaternary nitrogens is 1. The fourth-order valence-corrected chi connectivity index (χ4v) is 3.56. The molecule has 0 bridgehead atoms. The van der Waals surface area contributed by atoms with Crippen LogP contribution in [0.25, 0.3) is 10.9 Å². The minimum absolute atomic E-state index is 0.111. The molecule has 0 aliphatic carbocycles. The first-order valence-electron chi connectivity index (χ1n) is 11.2. The van der Waals surface area contributed by atoms with E-state index >= 15 is 0 Å². The molecule has 5 N–H and O–H groups in total. The van der Waals surface area contributed by atoms with E-state index < -0.39 is 0 Å². The van der Waals surface area contributed by atoms with Crippen molar-refractivity contribution in [2.24, 2.45) is 5.92 Å². The number of hydrogen-bond donors (Lipinski definition) is 4. The predicted molar refractivity (Wildman–Crippen MR) is 130 cm³/mol. The second kappa shape index (κ2) is 10.4. The van der Waals surface area contributed by atoms with Gasteiger partial charge in [0.05, 0.1) is 30.8 Å². The molecule has 1 aliphatic rings. The summed E-state index contributed by atoms with van der Waals surface area (Å²) in [5.41, 5.74) is 8.41. The Bertz CT molecular complexity index is 1200. The number of amides is 1. The van der Waals surface area contributed by atoms with E-state index in [-0.39, 0.29) is 12.5 Å². The number of nitrogens with zero attached hydrogens (tertiary/aromatic N) is 3. The van der Waals surface area contributed by atoms with Gasteiger partial charge in [0.1, 0.15) is 35.9 Å². The molecule has 0 unspecified atom stereocenters. The highest BCUT2D eigenvalue weighted by molar-refractivity contribution is 5.97. The van der Waals surface area contributed by atoms with E-state index in [4.69, 9.17) is 9.47 Å². The molecule has 0 atom stereocenters. The number of fused-ring (bicyclic) bond motifs is 1. The topological polar surface area (TPSA) is 117 Å². The Morgan fingerprint density at radius 1 is 1.18 bits per heavy atom. The number of aromatic nitrogens is 2. The summed E-state index contributed by atoms with van der Waals surface area (Å²) in [6.07, 6.45) is 3.45. The molecule has 1 aromatic heterocycles. The molecule has 2 heterocycles. The number of hydrogen-bond acceptors (Lipinski definition) is 8. The van der Waals surface area contributed by atoms with Gasteiger partial charge in [-0.25, -0.2) is 15.4 Å². The lowest BCUT2D eigenvalue weighted by Crippen LogP contribution is -2.91. The molecule has 10 nitrogen and oxygen atoms in total. The molecule has 0 saturated carbocycles. The zero-order valence-electron chi connectivity index (χ0n) is 19.8. The normalized spacial score (nSPS) is 13.2. The van der Waals surface area contributed by atoms with E-state index in [1.807, 2.05) is 54.9 Å². The van der Waals surface area contributed by atoms with Crippen molar-refractivity contribution in [3.8, 4) is 11.5 Å². The minimum Gasteiger partial charge on any atom is -0.497 e. The van der Waals surface area contributed by atoms with E-state index in [0.29, 0.717) is 41.0 Å². The number of benzene rings is 2. The minimum atomic E-state index is -0.111. The number of ether oxygens (including phenoxy) is 2. The van der Waals surface area contributed by atoms with E-state index in [0.717, 1.165) is 16.8 Å². The van der Waals surface area contributed by atoms with Crippen LogP contribution in [0.1, 0.15) is 20.8 Å². The Morgan fingerprint density at radius 3 is 2.62 bits per heavy atom. The summed E-state index contributed by atoms with van der Waals surface area (Å²) in [5.74, 6) is 2.22. The van der Waals surface area contributed by atoms with Gasteiger partial charge in [0, 0.05) is 29.4 Å². The monoisotopic (exact) mass is 464 g/mol. The Morgan fingerprint density at radius 2 is 1.94 bits per heavy atom. The highest BCUT2D eigenvalue weighted by Crippen LogP contribution is 2.35. The maximum atomic E-state index is 12.4. The summed E-state index contributed by atoms with van der Waals surface area (Å²) in [5, 5.41) is 8.78. The average molecular weight is 465 g/mol. The van der Waals surface area contributed by atoms with Gasteiger partial charge in [-0.05, 0) is 31.2 Å². The SMILES string of the molecule is CCOc1cc(OC)cc2ncnc(Nc3ccc(NC(=O)CN4C=C(C(C)C)[NH2+]N4)cc3)c12. The third kappa shape index (κ3) is 5.36. The summed E-state index contributed by atoms with van der Waals surface area (Å²) in [6, 6.07) is 11.1. The lowest BCUT2D eigenvalue weighted by molar-refractivity contribution is -0.680. The van der Waals surface area contributed by atoms with Gasteiger partial charge in [-0.15, -0.1) is 0 Å². The van der Waals surface area contributed by atoms with Gasteiger partial charge in [0.15, 0.2) is 0 Å². The van der Waals surface area contributed by atoms with Gasteiger partial charge in [0.25, 0.3) is 0 Å². The molecule has 4 rings (SSSR count). The molecule has 3 aromatic rings. The number of anilines is 3. The summed E-state index contributed by atoms with van der Waals surface area (Å²) >= 11 is 0. The van der Waals surface area contributed by atoms with Crippen molar-refractivity contribution in [2.75, 3.05) is 30.9 Å². The first kappa shape index (κ1) is 23.3. The highest BCUT2D eigenvalue weighted by atomic mass is 16.5. The van der Waals surface area contributed by atoms with Crippen molar-refractivity contribution in [1.82, 2.24) is 20.5 Å². The zero-order valence-corrected chi connectivity index (χ0v) is 19.8. The summed E-state index contributed by atoms with van der Waals surface area (Å²) in [6.45, 7) is 6.87. The number of methoxy groups -OCH3 is 1. The first-order valence-corrected chi connectivity index (χ1v) is 11.2. The van der Waals surface area contributed by atoms with Gasteiger partial charge in [-0.3, -0.25) is 9.80 Å². The molecule has 0 spiro atoms. The lowest BCUT2D eigenvalue weighted by atomic mass is 10.2. The quantitative estimate of drug-likeness (QED) is 0.357. The van der Waals surface area contributed by atoms with Gasteiger partial charge in [-0.2, -0.15) is 0 Å². The second-order valence-electron chi connectivity index (χ2n) is 8.11. The van der Waals surface area contributed by atoms with E-state index in [9.17, 15) is 4.79 Å².